The van der Waals surface area contributed by atoms with Crippen LogP contribution in [0.4, 0.5) is 0 Å². The van der Waals surface area contributed by atoms with Crippen LogP contribution in [0, 0.1) is 5.92 Å². The third kappa shape index (κ3) is 6.64. The smallest absolute Gasteiger partial charge is 0.217 e. The first-order chi connectivity index (χ1) is 10.4. The minimum absolute atomic E-state index is 0.0664. The van der Waals surface area contributed by atoms with Crippen molar-refractivity contribution in [2.24, 2.45) is 16.6 Å². The average molecular weight is 332 g/mol. The van der Waals surface area contributed by atoms with Gasteiger partial charge in [-0.2, -0.15) is 0 Å². The van der Waals surface area contributed by atoms with Crippen LogP contribution < -0.4 is 11.1 Å². The molecule has 1 unspecified atom stereocenters. The van der Waals surface area contributed by atoms with Crippen LogP contribution in [-0.4, -0.2) is 62.9 Å². The van der Waals surface area contributed by atoms with Gasteiger partial charge in [0.1, 0.15) is 0 Å². The van der Waals surface area contributed by atoms with Crippen molar-refractivity contribution in [1.82, 2.24) is 10.2 Å². The second kappa shape index (κ2) is 8.97. The van der Waals surface area contributed by atoms with E-state index in [-0.39, 0.29) is 29.9 Å². The lowest BCUT2D eigenvalue weighted by molar-refractivity contribution is -0.119. The Bertz CT molecular complexity index is 490. The quantitative estimate of drug-likeness (QED) is 0.503. The molecule has 1 aliphatic rings. The summed E-state index contributed by atoms with van der Waals surface area (Å²) in [6, 6.07) is 0. The van der Waals surface area contributed by atoms with Crippen LogP contribution in [-0.2, 0) is 14.6 Å². The van der Waals surface area contributed by atoms with Gasteiger partial charge < -0.3 is 16.0 Å². The Kier molecular flexibility index (Phi) is 7.64. The van der Waals surface area contributed by atoms with E-state index in [1.54, 1.807) is 6.92 Å². The molecule has 1 aliphatic heterocycles. The molecule has 1 rings (SSSR count). The lowest BCUT2D eigenvalue weighted by Crippen LogP contribution is -2.47. The highest BCUT2D eigenvalue weighted by Crippen LogP contribution is 2.19. The van der Waals surface area contributed by atoms with Gasteiger partial charge in [0.05, 0.1) is 12.3 Å². The van der Waals surface area contributed by atoms with Crippen molar-refractivity contribution in [3.05, 3.63) is 0 Å². The number of sulfone groups is 1. The predicted octanol–water partition coefficient (Wildman–Crippen LogP) is -0.0260. The van der Waals surface area contributed by atoms with Crippen molar-refractivity contribution >= 4 is 21.7 Å². The van der Waals surface area contributed by atoms with Crippen LogP contribution >= 0.6 is 0 Å². The first-order valence-corrected chi connectivity index (χ1v) is 9.72. The van der Waals surface area contributed by atoms with Crippen molar-refractivity contribution in [3.63, 3.8) is 0 Å². The zero-order valence-electron chi connectivity index (χ0n) is 13.5. The van der Waals surface area contributed by atoms with Crippen LogP contribution in [0.2, 0.25) is 0 Å². The normalized spacial score (nSPS) is 20.0. The van der Waals surface area contributed by atoms with Gasteiger partial charge in [-0.1, -0.05) is 6.92 Å². The number of carbonyl (C=O) groups is 1. The van der Waals surface area contributed by atoms with Crippen molar-refractivity contribution in [2.75, 3.05) is 37.7 Å². The van der Waals surface area contributed by atoms with Gasteiger partial charge in [-0.15, -0.1) is 0 Å². The molecule has 0 aromatic rings. The summed E-state index contributed by atoms with van der Waals surface area (Å²) >= 11 is 0. The molecular weight excluding hydrogens is 304 g/mol. The van der Waals surface area contributed by atoms with Crippen molar-refractivity contribution in [2.45, 2.75) is 33.1 Å². The number of hydrogen-bond donors (Lipinski definition) is 2. The summed E-state index contributed by atoms with van der Waals surface area (Å²) in [4.78, 5) is 17.6. The van der Waals surface area contributed by atoms with Gasteiger partial charge in [0.2, 0.25) is 5.91 Å². The number of amides is 1. The highest BCUT2D eigenvalue weighted by atomic mass is 32.2. The van der Waals surface area contributed by atoms with Crippen molar-refractivity contribution in [3.8, 4) is 0 Å². The summed E-state index contributed by atoms with van der Waals surface area (Å²) in [7, 11) is -3.00. The second-order valence-electron chi connectivity index (χ2n) is 5.60. The van der Waals surface area contributed by atoms with E-state index >= 15 is 0 Å². The van der Waals surface area contributed by atoms with Crippen LogP contribution in [0.25, 0.3) is 0 Å². The number of piperidine rings is 1. The number of nitrogens with two attached hydrogens (primary N) is 1. The molecule has 0 aromatic carbocycles. The molecule has 128 valence electrons. The number of carbonyl (C=O) groups excluding carboxylic acids is 1. The Hall–Kier alpha value is -1.31. The fourth-order valence-electron chi connectivity index (χ4n) is 2.57. The van der Waals surface area contributed by atoms with Gasteiger partial charge in [-0.05, 0) is 25.7 Å². The molecule has 8 heteroatoms. The number of likely N-dealkylation sites (tertiary alicyclic amines) is 1. The Morgan fingerprint density at radius 2 is 2.14 bits per heavy atom. The highest BCUT2D eigenvalue weighted by Gasteiger charge is 2.23. The maximum absolute atomic E-state index is 11.5. The molecule has 22 heavy (non-hydrogen) atoms. The largest absolute Gasteiger partial charge is 0.370 e. The van der Waals surface area contributed by atoms with Gasteiger partial charge in [0.25, 0.3) is 0 Å². The fraction of sp³-hybridized carbons (Fsp3) is 0.857. The minimum Gasteiger partial charge on any atom is -0.370 e. The van der Waals surface area contributed by atoms with E-state index < -0.39 is 9.84 Å². The Morgan fingerprint density at radius 3 is 2.73 bits per heavy atom. The number of aliphatic imine (C=N–C) groups is 1. The standard InChI is InChI=1S/C14H28N4O3S/c1-3-16-14(17-7-9-22(20,21)4-2)18-8-5-6-12(11-18)10-13(15)19/h12H,3-11H2,1-2H3,(H2,15,19)(H,16,17). The molecule has 7 nitrogen and oxygen atoms in total. The summed E-state index contributed by atoms with van der Waals surface area (Å²) in [6.07, 6.45) is 2.36. The molecular formula is C14H28N4O3S. The van der Waals surface area contributed by atoms with Gasteiger partial charge in [0, 0.05) is 31.8 Å². The third-order valence-corrected chi connectivity index (χ3v) is 5.43. The molecule has 1 atom stereocenters. The van der Waals surface area contributed by atoms with E-state index in [1.165, 1.54) is 0 Å². The van der Waals surface area contributed by atoms with E-state index in [1.807, 2.05) is 6.92 Å². The Labute approximate surface area is 133 Å². The van der Waals surface area contributed by atoms with Crippen LogP contribution in [0.3, 0.4) is 0 Å². The van der Waals surface area contributed by atoms with Gasteiger partial charge in [0.15, 0.2) is 15.8 Å². The second-order valence-corrected chi connectivity index (χ2v) is 8.07. The first-order valence-electron chi connectivity index (χ1n) is 7.90. The Morgan fingerprint density at radius 1 is 1.41 bits per heavy atom. The summed E-state index contributed by atoms with van der Waals surface area (Å²) in [6.45, 7) is 6.19. The zero-order valence-corrected chi connectivity index (χ0v) is 14.4. The van der Waals surface area contributed by atoms with Gasteiger partial charge in [-0.25, -0.2) is 8.42 Å². The number of rotatable bonds is 7. The molecule has 1 amide bonds. The summed E-state index contributed by atoms with van der Waals surface area (Å²) in [5.74, 6) is 0.903. The molecule has 0 spiro atoms. The highest BCUT2D eigenvalue weighted by molar-refractivity contribution is 7.91. The van der Waals surface area contributed by atoms with Crippen LogP contribution in [0.15, 0.2) is 4.99 Å². The maximum atomic E-state index is 11.5. The molecule has 0 aromatic heterocycles. The molecule has 1 heterocycles. The van der Waals surface area contributed by atoms with Gasteiger partial charge in [-0.3, -0.25) is 9.79 Å². The number of guanidine groups is 1. The number of primary amides is 1. The molecule has 3 N–H and O–H groups in total. The maximum Gasteiger partial charge on any atom is 0.217 e. The number of nitrogens with one attached hydrogen (secondary N) is 1. The molecule has 1 fully saturated rings. The number of nitrogens with zero attached hydrogens (tertiary/aromatic N) is 2. The molecule has 0 aliphatic carbocycles. The predicted molar refractivity (Wildman–Crippen MR) is 88.4 cm³/mol. The van der Waals surface area contributed by atoms with Crippen molar-refractivity contribution in [1.29, 1.82) is 0 Å². The molecule has 0 radical (unpaired) electrons. The minimum atomic E-state index is -3.00. The summed E-state index contributed by atoms with van der Waals surface area (Å²) < 4.78 is 23.1. The number of hydrogen-bond acceptors (Lipinski definition) is 4. The summed E-state index contributed by atoms with van der Waals surface area (Å²) in [5, 5.41) is 3.20. The Balaban J connectivity index is 2.66. The summed E-state index contributed by atoms with van der Waals surface area (Å²) in [5.41, 5.74) is 5.28. The van der Waals surface area contributed by atoms with Gasteiger partial charge >= 0.3 is 0 Å². The lowest BCUT2D eigenvalue weighted by Gasteiger charge is -2.34. The van der Waals surface area contributed by atoms with Crippen LogP contribution in [0.1, 0.15) is 33.1 Å². The molecule has 0 saturated carbocycles. The SMILES string of the molecule is CCNC(=NCCS(=O)(=O)CC)N1CCCC(CC(N)=O)C1. The van der Waals surface area contributed by atoms with E-state index in [0.717, 1.165) is 38.4 Å². The van der Waals surface area contributed by atoms with E-state index in [0.29, 0.717) is 6.42 Å². The zero-order chi connectivity index (χ0) is 16.6. The molecule has 1 saturated heterocycles. The fourth-order valence-corrected chi connectivity index (χ4v) is 3.23. The lowest BCUT2D eigenvalue weighted by atomic mass is 9.95. The van der Waals surface area contributed by atoms with Crippen molar-refractivity contribution < 1.29 is 13.2 Å². The average Bonchev–Trinajstić information content (AvgIpc) is 2.46. The van der Waals surface area contributed by atoms with Crippen LogP contribution in [0.5, 0.6) is 0 Å². The van der Waals surface area contributed by atoms with E-state index in [4.69, 9.17) is 5.73 Å². The van der Waals surface area contributed by atoms with E-state index in [9.17, 15) is 13.2 Å². The monoisotopic (exact) mass is 332 g/mol. The molecule has 0 bridgehead atoms. The topological polar surface area (TPSA) is 105 Å². The first kappa shape index (κ1) is 18.7. The third-order valence-electron chi connectivity index (χ3n) is 3.75. The van der Waals surface area contributed by atoms with E-state index in [2.05, 4.69) is 15.2 Å².